The topological polar surface area (TPSA) is 66.4 Å². The van der Waals surface area contributed by atoms with Crippen LogP contribution in [0.4, 0.5) is 5.82 Å². The van der Waals surface area contributed by atoms with Crippen LogP contribution in [-0.2, 0) is 10.0 Å². The van der Waals surface area contributed by atoms with E-state index in [1.807, 2.05) is 6.92 Å². The summed E-state index contributed by atoms with van der Waals surface area (Å²) in [4.78, 5) is 13.3. The first kappa shape index (κ1) is 17.7. The normalized spacial score (nSPS) is 16.3. The fourth-order valence-corrected chi connectivity index (χ4v) is 5.50. The maximum absolute atomic E-state index is 12.8. The minimum absolute atomic E-state index is 0.272. The van der Waals surface area contributed by atoms with Crippen molar-refractivity contribution in [3.05, 3.63) is 46.6 Å². The predicted octanol–water partition coefficient (Wildman–Crippen LogP) is 3.16. The van der Waals surface area contributed by atoms with Gasteiger partial charge < -0.3 is 4.90 Å². The number of nitrogens with zero attached hydrogens (tertiary/aromatic N) is 4. The van der Waals surface area contributed by atoms with E-state index < -0.39 is 10.0 Å². The number of piperazine rings is 1. The number of aromatic nitrogens is 2. The van der Waals surface area contributed by atoms with Crippen molar-refractivity contribution < 1.29 is 8.42 Å². The lowest BCUT2D eigenvalue weighted by atomic mass is 10.3. The number of aryl methyl sites for hydroxylation is 1. The Hall–Kier alpha value is -1.74. The predicted molar refractivity (Wildman–Crippen MR) is 105 cm³/mol. The summed E-state index contributed by atoms with van der Waals surface area (Å²) in [6.07, 6.45) is 1.57. The van der Waals surface area contributed by atoms with Crippen LogP contribution >= 0.6 is 22.9 Å². The van der Waals surface area contributed by atoms with Gasteiger partial charge in [0.1, 0.15) is 17.0 Å². The van der Waals surface area contributed by atoms with Crippen LogP contribution in [0.3, 0.4) is 0 Å². The number of hydrogen-bond donors (Lipinski definition) is 0. The Bertz CT molecular complexity index is 1040. The summed E-state index contributed by atoms with van der Waals surface area (Å²) < 4.78 is 27.1. The van der Waals surface area contributed by atoms with Crippen LogP contribution < -0.4 is 4.90 Å². The molecule has 1 aromatic carbocycles. The van der Waals surface area contributed by atoms with Gasteiger partial charge in [0.05, 0.1) is 10.3 Å². The van der Waals surface area contributed by atoms with Crippen LogP contribution in [0, 0.1) is 6.92 Å². The fourth-order valence-electron chi connectivity index (χ4n) is 3.11. The second-order valence-electron chi connectivity index (χ2n) is 6.12. The van der Waals surface area contributed by atoms with Crippen molar-refractivity contribution in [1.29, 1.82) is 0 Å². The maximum Gasteiger partial charge on any atom is 0.243 e. The molecule has 26 heavy (non-hydrogen) atoms. The van der Waals surface area contributed by atoms with E-state index >= 15 is 0 Å². The van der Waals surface area contributed by atoms with E-state index in [0.29, 0.717) is 31.2 Å². The zero-order valence-electron chi connectivity index (χ0n) is 14.1. The summed E-state index contributed by atoms with van der Waals surface area (Å²) in [6, 6.07) is 8.38. The molecule has 2 aromatic heterocycles. The van der Waals surface area contributed by atoms with Crippen LogP contribution in [0.1, 0.15) is 4.88 Å². The highest BCUT2D eigenvalue weighted by atomic mass is 35.5. The minimum Gasteiger partial charge on any atom is -0.353 e. The van der Waals surface area contributed by atoms with E-state index in [9.17, 15) is 8.42 Å². The Labute approximate surface area is 161 Å². The van der Waals surface area contributed by atoms with Gasteiger partial charge in [-0.2, -0.15) is 4.31 Å². The molecule has 1 aliphatic heterocycles. The third kappa shape index (κ3) is 3.18. The number of halogens is 1. The van der Waals surface area contributed by atoms with Crippen LogP contribution in [-0.4, -0.2) is 48.9 Å². The third-order valence-corrected chi connectivity index (χ3v) is 7.54. The van der Waals surface area contributed by atoms with E-state index in [1.54, 1.807) is 41.9 Å². The molecule has 0 unspecified atom stereocenters. The van der Waals surface area contributed by atoms with Crippen LogP contribution in [0.25, 0.3) is 10.2 Å². The van der Waals surface area contributed by atoms with Gasteiger partial charge in [-0.25, -0.2) is 18.4 Å². The van der Waals surface area contributed by atoms with Gasteiger partial charge in [0.25, 0.3) is 0 Å². The molecule has 1 aliphatic rings. The van der Waals surface area contributed by atoms with Gasteiger partial charge in [-0.05, 0) is 37.3 Å². The molecule has 9 heteroatoms. The van der Waals surface area contributed by atoms with E-state index in [1.165, 1.54) is 9.18 Å². The zero-order valence-corrected chi connectivity index (χ0v) is 16.5. The van der Waals surface area contributed by atoms with Gasteiger partial charge in [0.15, 0.2) is 0 Å². The number of sulfonamides is 1. The van der Waals surface area contributed by atoms with Crippen molar-refractivity contribution in [2.75, 3.05) is 31.1 Å². The van der Waals surface area contributed by atoms with E-state index in [-0.39, 0.29) is 4.90 Å². The van der Waals surface area contributed by atoms with Gasteiger partial charge in [0.2, 0.25) is 10.0 Å². The molecule has 6 nitrogen and oxygen atoms in total. The molecule has 0 amide bonds. The van der Waals surface area contributed by atoms with Gasteiger partial charge in [-0.1, -0.05) is 11.6 Å². The molecule has 0 N–H and O–H groups in total. The van der Waals surface area contributed by atoms with Crippen LogP contribution in [0.2, 0.25) is 5.02 Å². The molecule has 1 saturated heterocycles. The monoisotopic (exact) mass is 408 g/mol. The van der Waals surface area contributed by atoms with Crippen molar-refractivity contribution in [3.8, 4) is 0 Å². The van der Waals surface area contributed by atoms with E-state index in [0.717, 1.165) is 16.0 Å². The lowest BCUT2D eigenvalue weighted by Gasteiger charge is -2.34. The number of thiophene rings is 1. The molecule has 0 bridgehead atoms. The quantitative estimate of drug-likeness (QED) is 0.666. The van der Waals surface area contributed by atoms with Crippen LogP contribution in [0.5, 0.6) is 0 Å². The lowest BCUT2D eigenvalue weighted by Crippen LogP contribution is -2.49. The molecule has 0 atom stereocenters. The molecular weight excluding hydrogens is 392 g/mol. The number of anilines is 1. The molecule has 1 fully saturated rings. The first-order valence-corrected chi connectivity index (χ1v) is 10.8. The highest BCUT2D eigenvalue weighted by Crippen LogP contribution is 2.30. The van der Waals surface area contributed by atoms with Crippen molar-refractivity contribution in [2.24, 2.45) is 0 Å². The zero-order chi connectivity index (χ0) is 18.3. The molecule has 3 aromatic rings. The molecule has 0 radical (unpaired) electrons. The van der Waals surface area contributed by atoms with Gasteiger partial charge in [-0.15, -0.1) is 11.3 Å². The van der Waals surface area contributed by atoms with Crippen molar-refractivity contribution in [2.45, 2.75) is 11.8 Å². The van der Waals surface area contributed by atoms with Crippen molar-refractivity contribution in [1.82, 2.24) is 14.3 Å². The Morgan fingerprint density at radius 1 is 1.08 bits per heavy atom. The number of fused-ring (bicyclic) bond motifs is 1. The van der Waals surface area contributed by atoms with Crippen molar-refractivity contribution in [3.63, 3.8) is 0 Å². The third-order valence-electron chi connectivity index (χ3n) is 4.42. The summed E-state index contributed by atoms with van der Waals surface area (Å²) in [5.41, 5.74) is 0. The highest BCUT2D eigenvalue weighted by Gasteiger charge is 2.29. The molecule has 136 valence electrons. The summed E-state index contributed by atoms with van der Waals surface area (Å²) in [7, 11) is -3.51. The fraction of sp³-hybridized carbons (Fsp3) is 0.294. The molecule has 0 spiro atoms. The molecule has 0 aliphatic carbocycles. The number of hydrogen-bond acceptors (Lipinski definition) is 6. The smallest absolute Gasteiger partial charge is 0.243 e. The largest absolute Gasteiger partial charge is 0.353 e. The van der Waals surface area contributed by atoms with Gasteiger partial charge in [0, 0.05) is 36.1 Å². The van der Waals surface area contributed by atoms with Gasteiger partial charge >= 0.3 is 0 Å². The standard InChI is InChI=1S/C17H17ClN4O2S2/c1-12-10-15-16(19-11-20-17(15)25-12)21-6-8-22(9-7-21)26(23,24)14-4-2-13(18)3-5-14/h2-5,10-11H,6-9H2,1H3. The first-order valence-electron chi connectivity index (χ1n) is 8.17. The SMILES string of the molecule is Cc1cc2c(N3CCN(S(=O)(=O)c4ccc(Cl)cc4)CC3)ncnc2s1. The van der Waals surface area contributed by atoms with Gasteiger partial charge in [-0.3, -0.25) is 0 Å². The van der Waals surface area contributed by atoms with E-state index in [4.69, 9.17) is 11.6 Å². The Kier molecular flexibility index (Phi) is 4.60. The summed E-state index contributed by atoms with van der Waals surface area (Å²) in [5, 5.41) is 1.55. The maximum atomic E-state index is 12.8. The Balaban J connectivity index is 1.54. The second-order valence-corrected chi connectivity index (χ2v) is 9.73. The minimum atomic E-state index is -3.51. The lowest BCUT2D eigenvalue weighted by molar-refractivity contribution is 0.384. The molecular formula is C17H17ClN4O2S2. The average molecular weight is 409 g/mol. The highest BCUT2D eigenvalue weighted by molar-refractivity contribution is 7.89. The molecule has 4 rings (SSSR count). The molecule has 3 heterocycles. The van der Waals surface area contributed by atoms with Crippen LogP contribution in [0.15, 0.2) is 41.6 Å². The number of rotatable bonds is 3. The summed E-state index contributed by atoms with van der Waals surface area (Å²) >= 11 is 7.50. The Morgan fingerprint density at radius 2 is 1.77 bits per heavy atom. The first-order chi connectivity index (χ1) is 12.4. The van der Waals surface area contributed by atoms with Crippen molar-refractivity contribution >= 4 is 49.0 Å². The summed E-state index contributed by atoms with van der Waals surface area (Å²) in [6.45, 7) is 4.06. The Morgan fingerprint density at radius 3 is 2.46 bits per heavy atom. The number of benzene rings is 1. The average Bonchev–Trinajstić information content (AvgIpc) is 3.02. The summed E-state index contributed by atoms with van der Waals surface area (Å²) in [5.74, 6) is 0.878. The molecule has 0 saturated carbocycles. The van der Waals surface area contributed by atoms with E-state index in [2.05, 4.69) is 20.9 Å². The second kappa shape index (κ2) is 6.77.